The highest BCUT2D eigenvalue weighted by Gasteiger charge is 2.38. The molecule has 0 aliphatic carbocycles. The maximum Gasteiger partial charge on any atom is 0.410 e. The molecule has 0 bridgehead atoms. The Labute approximate surface area is 288 Å². The Hall–Kier alpha value is -4.52. The number of nitrogens with zero attached hydrogens (tertiary/aromatic N) is 2. The maximum absolute atomic E-state index is 13.2. The van der Waals surface area contributed by atoms with Crippen LogP contribution in [0.3, 0.4) is 0 Å². The lowest BCUT2D eigenvalue weighted by atomic mass is 10.0. The minimum atomic E-state index is -0.647. The summed E-state index contributed by atoms with van der Waals surface area (Å²) in [7, 11) is 0. The first kappa shape index (κ1) is 35.8. The first-order valence-electron chi connectivity index (χ1n) is 17.1. The van der Waals surface area contributed by atoms with Gasteiger partial charge in [0, 0.05) is 25.2 Å². The Morgan fingerprint density at radius 2 is 1.06 bits per heavy atom. The van der Waals surface area contributed by atoms with Crippen LogP contribution >= 0.6 is 0 Å². The zero-order valence-electron chi connectivity index (χ0n) is 29.4. The van der Waals surface area contributed by atoms with E-state index in [4.69, 9.17) is 20.9 Å². The van der Waals surface area contributed by atoms with Crippen LogP contribution in [0.2, 0.25) is 0 Å². The van der Waals surface area contributed by atoms with Gasteiger partial charge in [0.2, 0.25) is 11.8 Å². The van der Waals surface area contributed by atoms with Gasteiger partial charge in [-0.1, -0.05) is 12.1 Å². The van der Waals surface area contributed by atoms with E-state index in [1.54, 1.807) is 53.7 Å². The zero-order valence-corrected chi connectivity index (χ0v) is 29.4. The number of carbonyl (C=O) groups is 4. The van der Waals surface area contributed by atoms with E-state index in [1.807, 2.05) is 24.3 Å². The van der Waals surface area contributed by atoms with Gasteiger partial charge in [-0.25, -0.2) is 9.59 Å². The molecule has 13 nitrogen and oxygen atoms in total. The lowest BCUT2D eigenvalue weighted by molar-refractivity contribution is -0.121. The Kier molecular flexibility index (Phi) is 10.3. The van der Waals surface area contributed by atoms with Crippen molar-refractivity contribution in [1.82, 2.24) is 15.1 Å². The van der Waals surface area contributed by atoms with Crippen LogP contribution in [0, 0.1) is 0 Å². The van der Waals surface area contributed by atoms with Crippen LogP contribution in [0.15, 0.2) is 36.4 Å². The predicted molar refractivity (Wildman–Crippen MR) is 189 cm³/mol. The number of hydrogen-bond acceptors (Lipinski definition) is 9. The number of nitrogen functional groups attached to an aromatic ring is 2. The lowest BCUT2D eigenvalue weighted by Gasteiger charge is -2.28. The van der Waals surface area contributed by atoms with Gasteiger partial charge in [-0.05, 0) is 115 Å². The number of rotatable bonds is 6. The highest BCUT2D eigenvalue weighted by molar-refractivity contribution is 6.00. The Morgan fingerprint density at radius 1 is 0.673 bits per heavy atom. The molecule has 49 heavy (non-hydrogen) atoms. The molecule has 3 aliphatic rings. The van der Waals surface area contributed by atoms with Gasteiger partial charge in [0.1, 0.15) is 23.3 Å². The molecule has 3 fully saturated rings. The average molecular weight is 678 g/mol. The molecule has 0 spiro atoms. The molecule has 4 atom stereocenters. The predicted octanol–water partition coefficient (Wildman–Crippen LogP) is 5.69. The van der Waals surface area contributed by atoms with E-state index < -0.39 is 35.5 Å². The summed E-state index contributed by atoms with van der Waals surface area (Å²) < 4.78 is 11.0. The molecule has 2 aromatic carbocycles. The van der Waals surface area contributed by atoms with E-state index in [9.17, 15) is 19.2 Å². The van der Waals surface area contributed by atoms with Gasteiger partial charge >= 0.3 is 12.2 Å². The van der Waals surface area contributed by atoms with Crippen LogP contribution in [0.1, 0.15) is 103 Å². The minimum absolute atomic E-state index is 0.0383. The number of hydrogen-bond donors (Lipinski definition) is 5. The van der Waals surface area contributed by atoms with Crippen molar-refractivity contribution in [2.24, 2.45) is 0 Å². The van der Waals surface area contributed by atoms with Crippen molar-refractivity contribution in [2.75, 3.05) is 35.2 Å². The number of nitrogens with two attached hydrogens (primary N) is 2. The third-order valence-corrected chi connectivity index (χ3v) is 8.99. The van der Waals surface area contributed by atoms with E-state index in [2.05, 4.69) is 16.0 Å². The molecule has 0 aromatic heterocycles. The van der Waals surface area contributed by atoms with Gasteiger partial charge in [0.25, 0.3) is 0 Å². The molecular weight excluding hydrogens is 626 g/mol. The van der Waals surface area contributed by atoms with Crippen molar-refractivity contribution in [2.45, 2.75) is 115 Å². The largest absolute Gasteiger partial charge is 0.444 e. The number of anilines is 4. The topological polar surface area (TPSA) is 181 Å². The summed E-state index contributed by atoms with van der Waals surface area (Å²) in [5, 5.41) is 9.48. The van der Waals surface area contributed by atoms with Crippen LogP contribution in [-0.4, -0.2) is 70.2 Å². The zero-order chi connectivity index (χ0) is 35.7. The number of benzene rings is 2. The van der Waals surface area contributed by atoms with Crippen molar-refractivity contribution in [3.8, 4) is 0 Å². The summed E-state index contributed by atoms with van der Waals surface area (Å²) in [6.45, 7) is 11.7. The molecule has 266 valence electrons. The summed E-state index contributed by atoms with van der Waals surface area (Å²) in [4.78, 5) is 54.6. The second-order valence-corrected chi connectivity index (χ2v) is 15.2. The van der Waals surface area contributed by atoms with Crippen molar-refractivity contribution < 1.29 is 28.7 Å². The number of amides is 4. The van der Waals surface area contributed by atoms with Gasteiger partial charge in [-0.3, -0.25) is 19.4 Å². The molecule has 7 N–H and O–H groups in total. The normalized spacial score (nSPS) is 22.6. The summed E-state index contributed by atoms with van der Waals surface area (Å²) >= 11 is 0. The van der Waals surface area contributed by atoms with Gasteiger partial charge in [-0.2, -0.15) is 0 Å². The van der Waals surface area contributed by atoms with Gasteiger partial charge < -0.3 is 36.9 Å². The number of likely N-dealkylation sites (tertiary alicyclic amines) is 2. The van der Waals surface area contributed by atoms with Gasteiger partial charge in [0.15, 0.2) is 0 Å². The second kappa shape index (κ2) is 14.1. The van der Waals surface area contributed by atoms with Crippen molar-refractivity contribution in [3.05, 3.63) is 47.5 Å². The van der Waals surface area contributed by atoms with E-state index in [0.29, 0.717) is 48.7 Å². The molecule has 3 aliphatic heterocycles. The standard InChI is InChI=1S/C36H51N7O6/c1-35(2,3)48-33(46)42-17-7-9-29(42)31(44)40-27-13-11-21(19-23(27)37)25-15-16-26(39-25)22-12-14-28(24(38)20-22)41-32(45)30-10-8-18-43(30)34(47)49-36(4,5)6/h11-14,19-20,25-26,29-30,39H,7-10,15-18,37-38H2,1-6H3,(H,40,44)(H,41,45). The summed E-state index contributed by atoms with van der Waals surface area (Å²) in [5.41, 5.74) is 15.4. The fraction of sp³-hybridized carbons (Fsp3) is 0.556. The Morgan fingerprint density at radius 3 is 1.41 bits per heavy atom. The molecule has 4 amide bonds. The Balaban J connectivity index is 1.17. The third kappa shape index (κ3) is 8.75. The third-order valence-electron chi connectivity index (χ3n) is 8.99. The lowest BCUT2D eigenvalue weighted by Crippen LogP contribution is -2.45. The van der Waals surface area contributed by atoms with E-state index in [-0.39, 0.29) is 23.9 Å². The summed E-state index contributed by atoms with van der Waals surface area (Å²) in [6.07, 6.45) is 3.30. The number of ether oxygens (including phenoxy) is 2. The summed E-state index contributed by atoms with van der Waals surface area (Å²) in [6, 6.07) is 10.1. The summed E-state index contributed by atoms with van der Waals surface area (Å²) in [5.74, 6) is -0.578. The second-order valence-electron chi connectivity index (χ2n) is 15.2. The SMILES string of the molecule is CC(C)(C)OC(=O)N1CCCC1C(=O)Nc1ccc(C2CCC(c3ccc(NC(=O)C4CCCN4C(=O)OC(C)(C)C)c(N)c3)N2)cc1N. The molecule has 2 aromatic rings. The smallest absolute Gasteiger partial charge is 0.410 e. The van der Waals surface area contributed by atoms with Crippen molar-refractivity contribution in [3.63, 3.8) is 0 Å². The van der Waals surface area contributed by atoms with Crippen LogP contribution in [-0.2, 0) is 19.1 Å². The minimum Gasteiger partial charge on any atom is -0.444 e. The van der Waals surface area contributed by atoms with E-state index in [1.165, 1.54) is 9.80 Å². The van der Waals surface area contributed by atoms with Gasteiger partial charge in [0.05, 0.1) is 22.7 Å². The number of nitrogens with one attached hydrogen (secondary N) is 3. The first-order valence-corrected chi connectivity index (χ1v) is 17.1. The van der Waals surface area contributed by atoms with E-state index in [0.717, 1.165) is 36.8 Å². The quantitative estimate of drug-likeness (QED) is 0.240. The maximum atomic E-state index is 13.2. The average Bonchev–Trinajstić information content (AvgIpc) is 3.78. The van der Waals surface area contributed by atoms with Gasteiger partial charge in [-0.15, -0.1) is 0 Å². The highest BCUT2D eigenvalue weighted by Crippen LogP contribution is 2.38. The fourth-order valence-corrected chi connectivity index (χ4v) is 6.68. The molecule has 3 saturated heterocycles. The highest BCUT2D eigenvalue weighted by atomic mass is 16.6. The first-order chi connectivity index (χ1) is 23.0. The Bertz CT molecular complexity index is 1470. The molecule has 13 heteroatoms. The molecule has 0 radical (unpaired) electrons. The van der Waals surface area contributed by atoms with Crippen LogP contribution < -0.4 is 27.4 Å². The molecule has 5 rings (SSSR count). The molecule has 4 unspecified atom stereocenters. The molecule has 3 heterocycles. The monoisotopic (exact) mass is 677 g/mol. The van der Waals surface area contributed by atoms with Crippen LogP contribution in [0.4, 0.5) is 32.3 Å². The van der Waals surface area contributed by atoms with Crippen molar-refractivity contribution in [1.29, 1.82) is 0 Å². The van der Waals surface area contributed by atoms with Crippen LogP contribution in [0.5, 0.6) is 0 Å². The number of carbonyl (C=O) groups excluding carboxylic acids is 4. The molecule has 0 saturated carbocycles. The van der Waals surface area contributed by atoms with E-state index >= 15 is 0 Å². The van der Waals surface area contributed by atoms with Crippen LogP contribution in [0.25, 0.3) is 0 Å². The van der Waals surface area contributed by atoms with Crippen molar-refractivity contribution >= 4 is 46.8 Å². The fourth-order valence-electron chi connectivity index (χ4n) is 6.68. The molecular formula is C36H51N7O6.